The second-order valence-electron chi connectivity index (χ2n) is 6.60. The monoisotopic (exact) mass is 365 g/mol. The van der Waals surface area contributed by atoms with E-state index in [2.05, 4.69) is 35.0 Å². The van der Waals surface area contributed by atoms with Crippen LogP contribution >= 0.6 is 0 Å². The molecule has 3 aromatic rings. The number of hydrogen-bond acceptors (Lipinski definition) is 3. The molecule has 142 valence electrons. The van der Waals surface area contributed by atoms with Gasteiger partial charge in [-0.25, -0.2) is 4.98 Å². The Morgan fingerprint density at radius 1 is 1.15 bits per heavy atom. The van der Waals surface area contributed by atoms with Gasteiger partial charge in [-0.05, 0) is 42.7 Å². The molecule has 0 saturated carbocycles. The van der Waals surface area contributed by atoms with Crippen molar-refractivity contribution in [2.75, 3.05) is 13.2 Å². The van der Waals surface area contributed by atoms with Crippen molar-refractivity contribution in [3.8, 4) is 5.75 Å². The highest BCUT2D eigenvalue weighted by molar-refractivity contribution is 5.76. The molecule has 27 heavy (non-hydrogen) atoms. The van der Waals surface area contributed by atoms with Crippen molar-refractivity contribution in [3.63, 3.8) is 0 Å². The van der Waals surface area contributed by atoms with Gasteiger partial charge in [-0.1, -0.05) is 31.2 Å². The van der Waals surface area contributed by atoms with Crippen LogP contribution in [0.25, 0.3) is 11.0 Å². The number of para-hydroxylation sites is 2. The minimum Gasteiger partial charge on any atom is -0.492 e. The number of nitrogens with one attached hydrogen (secondary N) is 1. The fraction of sp³-hybridized carbons (Fsp3) is 0.364. The van der Waals surface area contributed by atoms with Gasteiger partial charge in [-0.3, -0.25) is 4.79 Å². The van der Waals surface area contributed by atoms with E-state index in [0.29, 0.717) is 13.2 Å². The van der Waals surface area contributed by atoms with Gasteiger partial charge < -0.3 is 14.6 Å². The Hall–Kier alpha value is -2.82. The third-order valence-electron chi connectivity index (χ3n) is 4.60. The highest BCUT2D eigenvalue weighted by atomic mass is 16.5. The van der Waals surface area contributed by atoms with Gasteiger partial charge in [0.15, 0.2) is 0 Å². The number of aryl methyl sites for hydroxylation is 2. The molecule has 0 radical (unpaired) electrons. The first-order chi connectivity index (χ1) is 13.2. The fourth-order valence-corrected chi connectivity index (χ4v) is 3.15. The Morgan fingerprint density at radius 3 is 2.67 bits per heavy atom. The predicted octanol–water partition coefficient (Wildman–Crippen LogP) is 3.75. The second-order valence-corrected chi connectivity index (χ2v) is 6.60. The number of imidazole rings is 1. The van der Waals surface area contributed by atoms with Crippen LogP contribution in [0.5, 0.6) is 5.75 Å². The second kappa shape index (κ2) is 9.21. The highest BCUT2D eigenvalue weighted by Gasteiger charge is 2.10. The van der Waals surface area contributed by atoms with Crippen molar-refractivity contribution in [2.24, 2.45) is 0 Å². The summed E-state index contributed by atoms with van der Waals surface area (Å²) < 4.78 is 8.16. The first kappa shape index (κ1) is 19.0. The minimum absolute atomic E-state index is 0.00555. The van der Waals surface area contributed by atoms with Crippen molar-refractivity contribution in [1.29, 1.82) is 0 Å². The lowest BCUT2D eigenvalue weighted by atomic mass is 10.2. The summed E-state index contributed by atoms with van der Waals surface area (Å²) in [7, 11) is 0. The summed E-state index contributed by atoms with van der Waals surface area (Å²) in [6, 6.07) is 16.4. The van der Waals surface area contributed by atoms with E-state index in [4.69, 9.17) is 9.72 Å². The van der Waals surface area contributed by atoms with Crippen LogP contribution in [0.4, 0.5) is 0 Å². The number of benzene rings is 2. The van der Waals surface area contributed by atoms with E-state index in [1.807, 2.05) is 30.3 Å². The Bertz CT molecular complexity index is 884. The minimum atomic E-state index is 0.00555. The number of nitrogens with zero attached hydrogens (tertiary/aromatic N) is 2. The number of ether oxygens (including phenoxy) is 1. The van der Waals surface area contributed by atoms with E-state index in [-0.39, 0.29) is 5.91 Å². The molecule has 1 heterocycles. The van der Waals surface area contributed by atoms with Gasteiger partial charge in [0.2, 0.25) is 5.91 Å². The van der Waals surface area contributed by atoms with Crippen LogP contribution in [-0.4, -0.2) is 28.6 Å². The van der Waals surface area contributed by atoms with Crippen molar-refractivity contribution in [3.05, 3.63) is 59.9 Å². The molecule has 0 aliphatic heterocycles. The molecule has 2 aromatic carbocycles. The fourth-order valence-electron chi connectivity index (χ4n) is 3.15. The van der Waals surface area contributed by atoms with E-state index in [0.717, 1.165) is 48.4 Å². The first-order valence-corrected chi connectivity index (χ1v) is 9.57. The summed E-state index contributed by atoms with van der Waals surface area (Å²) >= 11 is 0. The maximum absolute atomic E-state index is 11.0. The molecule has 0 unspecified atom stereocenters. The Kier molecular flexibility index (Phi) is 6.47. The molecule has 1 amide bonds. The summed E-state index contributed by atoms with van der Waals surface area (Å²) in [6.07, 6.45) is 2.71. The number of rotatable bonds is 9. The zero-order valence-corrected chi connectivity index (χ0v) is 16.1. The molecular weight excluding hydrogens is 338 g/mol. The number of fused-ring (bicyclic) bond motifs is 1. The van der Waals surface area contributed by atoms with E-state index in [1.54, 1.807) is 6.92 Å². The van der Waals surface area contributed by atoms with E-state index in [9.17, 15) is 4.79 Å². The molecule has 0 aliphatic carbocycles. The first-order valence-electron chi connectivity index (χ1n) is 9.57. The van der Waals surface area contributed by atoms with E-state index >= 15 is 0 Å². The molecule has 0 atom stereocenters. The smallest absolute Gasteiger partial charge is 0.216 e. The lowest BCUT2D eigenvalue weighted by Gasteiger charge is -2.11. The number of hydrogen-bond donors (Lipinski definition) is 1. The Labute approximate surface area is 160 Å². The van der Waals surface area contributed by atoms with Gasteiger partial charge in [0.1, 0.15) is 18.2 Å². The molecule has 0 saturated heterocycles. The van der Waals surface area contributed by atoms with Crippen LogP contribution in [0.15, 0.2) is 48.5 Å². The lowest BCUT2D eigenvalue weighted by Crippen LogP contribution is -2.21. The Morgan fingerprint density at radius 2 is 1.93 bits per heavy atom. The largest absolute Gasteiger partial charge is 0.492 e. The Balaban J connectivity index is 1.65. The van der Waals surface area contributed by atoms with Crippen LogP contribution in [0.1, 0.15) is 31.7 Å². The summed E-state index contributed by atoms with van der Waals surface area (Å²) in [5.74, 6) is 1.93. The van der Waals surface area contributed by atoms with Crippen molar-refractivity contribution >= 4 is 16.9 Å². The molecule has 3 rings (SSSR count). The summed E-state index contributed by atoms with van der Waals surface area (Å²) in [5.41, 5.74) is 3.43. The molecule has 0 spiro atoms. The van der Waals surface area contributed by atoms with Gasteiger partial charge >= 0.3 is 0 Å². The zero-order valence-electron chi connectivity index (χ0n) is 16.1. The quantitative estimate of drug-likeness (QED) is 0.588. The standard InChI is InChI=1S/C22H27N3O2/c1-3-18-10-12-19(13-11-18)27-16-15-25-21-8-5-4-7-20(21)24-22(25)9-6-14-23-17(2)26/h4-5,7-8,10-13H,3,6,9,14-16H2,1-2H3,(H,23,26). The van der Waals surface area contributed by atoms with Gasteiger partial charge in [0.25, 0.3) is 0 Å². The number of carbonyl (C=O) groups excluding carboxylic acids is 1. The van der Waals surface area contributed by atoms with Crippen LogP contribution in [0, 0.1) is 0 Å². The van der Waals surface area contributed by atoms with E-state index < -0.39 is 0 Å². The average Bonchev–Trinajstić information content (AvgIpc) is 3.03. The zero-order chi connectivity index (χ0) is 19.1. The van der Waals surface area contributed by atoms with E-state index in [1.165, 1.54) is 5.56 Å². The number of carbonyl (C=O) groups is 1. The van der Waals surface area contributed by atoms with Gasteiger partial charge in [-0.2, -0.15) is 0 Å². The predicted molar refractivity (Wildman–Crippen MR) is 108 cm³/mol. The number of aromatic nitrogens is 2. The van der Waals surface area contributed by atoms with Crippen LogP contribution < -0.4 is 10.1 Å². The lowest BCUT2D eigenvalue weighted by molar-refractivity contribution is -0.118. The molecule has 0 bridgehead atoms. The van der Waals surface area contributed by atoms with Gasteiger partial charge in [0.05, 0.1) is 17.6 Å². The van der Waals surface area contributed by atoms with Crippen LogP contribution in [-0.2, 0) is 24.2 Å². The third-order valence-corrected chi connectivity index (χ3v) is 4.60. The molecule has 0 aliphatic rings. The summed E-state index contributed by atoms with van der Waals surface area (Å²) in [6.45, 7) is 5.68. The average molecular weight is 365 g/mol. The topological polar surface area (TPSA) is 56.1 Å². The molecule has 0 fully saturated rings. The highest BCUT2D eigenvalue weighted by Crippen LogP contribution is 2.18. The maximum Gasteiger partial charge on any atom is 0.216 e. The van der Waals surface area contributed by atoms with Crippen LogP contribution in [0.2, 0.25) is 0 Å². The molecular formula is C22H27N3O2. The molecule has 5 heteroatoms. The summed E-state index contributed by atoms with van der Waals surface area (Å²) in [4.78, 5) is 15.8. The van der Waals surface area contributed by atoms with Crippen molar-refractivity contribution < 1.29 is 9.53 Å². The third kappa shape index (κ3) is 5.09. The van der Waals surface area contributed by atoms with Crippen LogP contribution in [0.3, 0.4) is 0 Å². The van der Waals surface area contributed by atoms with Crippen molar-refractivity contribution in [1.82, 2.24) is 14.9 Å². The SMILES string of the molecule is CCc1ccc(OCCn2c(CCCNC(C)=O)nc3ccccc32)cc1. The molecule has 1 N–H and O–H groups in total. The molecule has 1 aromatic heterocycles. The normalized spacial score (nSPS) is 10.9. The molecule has 5 nitrogen and oxygen atoms in total. The van der Waals surface area contributed by atoms with Crippen molar-refractivity contribution in [2.45, 2.75) is 39.7 Å². The van der Waals surface area contributed by atoms with Gasteiger partial charge in [-0.15, -0.1) is 0 Å². The maximum atomic E-state index is 11.0. The number of amides is 1. The van der Waals surface area contributed by atoms with Gasteiger partial charge in [0, 0.05) is 19.9 Å². The summed E-state index contributed by atoms with van der Waals surface area (Å²) in [5, 5.41) is 2.84.